The summed E-state index contributed by atoms with van der Waals surface area (Å²) in [5.41, 5.74) is 2.21. The van der Waals surface area contributed by atoms with E-state index in [1.165, 1.54) is 31.4 Å². The first-order chi connectivity index (χ1) is 18.7. The van der Waals surface area contributed by atoms with Crippen LogP contribution in [-0.4, -0.2) is 34.3 Å². The molecule has 2 aromatic carbocycles. The van der Waals surface area contributed by atoms with E-state index in [9.17, 15) is 22.8 Å². The number of nitrogens with zero attached hydrogens (tertiary/aromatic N) is 1. The quantitative estimate of drug-likeness (QED) is 0.254. The van der Waals surface area contributed by atoms with E-state index in [1.807, 2.05) is 30.5 Å². The molecule has 1 aliphatic rings. The molecule has 1 atom stereocenters. The number of hydrogen-bond donors (Lipinski definition) is 2. The lowest BCUT2D eigenvalue weighted by Gasteiger charge is -2.30. The Morgan fingerprint density at radius 1 is 0.974 bits per heavy atom. The highest BCUT2D eigenvalue weighted by Gasteiger charge is 2.30. The highest BCUT2D eigenvalue weighted by atomic mass is 32.2. The molecule has 206 valence electrons. The van der Waals surface area contributed by atoms with Crippen molar-refractivity contribution in [2.75, 3.05) is 12.3 Å². The molecule has 1 saturated carbocycles. The zero-order valence-corrected chi connectivity index (χ0v) is 22.2. The van der Waals surface area contributed by atoms with Crippen molar-refractivity contribution in [3.63, 3.8) is 0 Å². The normalized spacial score (nSPS) is 15.1. The van der Waals surface area contributed by atoms with E-state index >= 15 is 0 Å². The number of rotatable bonds is 10. The molecular formula is C30H31F3N2O3S. The van der Waals surface area contributed by atoms with Crippen molar-refractivity contribution in [3.05, 3.63) is 83.6 Å². The molecule has 0 aliphatic heterocycles. The van der Waals surface area contributed by atoms with Gasteiger partial charge in [-0.2, -0.15) is 13.2 Å². The van der Waals surface area contributed by atoms with E-state index in [2.05, 4.69) is 10.3 Å². The number of aliphatic carboxylic acids is 1. The molecule has 1 unspecified atom stereocenters. The van der Waals surface area contributed by atoms with Crippen LogP contribution in [0.5, 0.6) is 0 Å². The fourth-order valence-electron chi connectivity index (χ4n) is 4.94. The summed E-state index contributed by atoms with van der Waals surface area (Å²) in [7, 11) is 0. The molecule has 2 N–H and O–H groups in total. The largest absolute Gasteiger partial charge is 0.481 e. The van der Waals surface area contributed by atoms with Crippen LogP contribution in [0.1, 0.15) is 65.9 Å². The van der Waals surface area contributed by atoms with Crippen LogP contribution >= 0.6 is 11.8 Å². The summed E-state index contributed by atoms with van der Waals surface area (Å²) in [6.07, 6.45) is 3.33. The number of carbonyl (C=O) groups excluding carboxylic acids is 1. The monoisotopic (exact) mass is 556 g/mol. The lowest BCUT2D eigenvalue weighted by molar-refractivity contribution is -0.138. The third-order valence-corrected chi connectivity index (χ3v) is 8.24. The van der Waals surface area contributed by atoms with Crippen LogP contribution in [-0.2, 0) is 11.0 Å². The first-order valence-corrected chi connectivity index (χ1v) is 14.1. The molecule has 1 aliphatic carbocycles. The van der Waals surface area contributed by atoms with Gasteiger partial charge in [-0.25, -0.2) is 0 Å². The van der Waals surface area contributed by atoms with Gasteiger partial charge in [0.05, 0.1) is 17.7 Å². The van der Waals surface area contributed by atoms with Crippen LogP contribution in [0.25, 0.3) is 11.3 Å². The zero-order valence-electron chi connectivity index (χ0n) is 21.4. The molecule has 4 rings (SSSR count). The predicted octanol–water partition coefficient (Wildman–Crippen LogP) is 7.43. The number of thioether (sulfide) groups is 1. The maximum absolute atomic E-state index is 12.9. The summed E-state index contributed by atoms with van der Waals surface area (Å²) in [4.78, 5) is 28.5. The highest BCUT2D eigenvalue weighted by molar-refractivity contribution is 7.99. The molecule has 0 spiro atoms. The summed E-state index contributed by atoms with van der Waals surface area (Å²) in [5.74, 6) is 0.398. The fraction of sp³-hybridized carbons (Fsp3) is 0.367. The first kappa shape index (κ1) is 28.7. The second-order valence-electron chi connectivity index (χ2n) is 9.79. The number of hydrogen-bond acceptors (Lipinski definition) is 4. The highest BCUT2D eigenvalue weighted by Crippen LogP contribution is 2.40. The van der Waals surface area contributed by atoms with Gasteiger partial charge >= 0.3 is 12.1 Å². The van der Waals surface area contributed by atoms with Crippen LogP contribution in [0, 0.1) is 5.92 Å². The van der Waals surface area contributed by atoms with Gasteiger partial charge in [-0.15, -0.1) is 11.8 Å². The minimum absolute atomic E-state index is 0.0828. The average Bonchev–Trinajstić information content (AvgIpc) is 2.94. The van der Waals surface area contributed by atoms with Gasteiger partial charge in [0.15, 0.2) is 0 Å². The van der Waals surface area contributed by atoms with Gasteiger partial charge in [0.25, 0.3) is 5.91 Å². The van der Waals surface area contributed by atoms with Crippen LogP contribution in [0.3, 0.4) is 0 Å². The van der Waals surface area contributed by atoms with E-state index in [0.717, 1.165) is 41.2 Å². The topological polar surface area (TPSA) is 79.3 Å². The van der Waals surface area contributed by atoms with Crippen molar-refractivity contribution in [2.45, 2.75) is 55.5 Å². The molecule has 5 nitrogen and oxygen atoms in total. The SMILES string of the molecule is O=C(O)CCNC(=O)c1ccc(SCC(c2ccc(-c3ccc(C(F)(F)F)cc3)nc2)C2CCCCC2)cc1. The number of amides is 1. The number of carbonyl (C=O) groups is 2. The Labute approximate surface area is 230 Å². The van der Waals surface area contributed by atoms with Crippen LogP contribution in [0.15, 0.2) is 71.8 Å². The molecule has 0 saturated heterocycles. The Hall–Kier alpha value is -3.33. The van der Waals surface area contributed by atoms with E-state index in [0.29, 0.717) is 22.7 Å². The summed E-state index contributed by atoms with van der Waals surface area (Å²) < 4.78 is 38.7. The Bertz CT molecular complexity index is 1240. The molecule has 0 radical (unpaired) electrons. The number of halogens is 3. The van der Waals surface area contributed by atoms with E-state index in [1.54, 1.807) is 23.9 Å². The number of nitrogens with one attached hydrogen (secondary N) is 1. The molecule has 1 fully saturated rings. The molecule has 1 heterocycles. The lowest BCUT2D eigenvalue weighted by Crippen LogP contribution is -2.25. The minimum Gasteiger partial charge on any atom is -0.481 e. The third kappa shape index (κ3) is 8.08. The Kier molecular flexibility index (Phi) is 9.67. The standard InChI is InChI=1S/C30H31F3N2O3S/c31-30(32,33)24-11-6-21(7-12-24)27-15-10-23(18-35-27)26(20-4-2-1-3-5-20)19-39-25-13-8-22(9-14-25)29(38)34-17-16-28(36)37/h6-15,18,20,26H,1-5,16-17,19H2,(H,34,38)(H,36,37). The fourth-order valence-corrected chi connectivity index (χ4v) is 6.11. The molecule has 3 aromatic rings. The zero-order chi connectivity index (χ0) is 27.8. The Balaban J connectivity index is 1.43. The van der Waals surface area contributed by atoms with Gasteiger partial charge in [-0.05, 0) is 72.7 Å². The molecular weight excluding hydrogens is 525 g/mol. The van der Waals surface area contributed by atoms with Gasteiger partial charge in [-0.3, -0.25) is 14.6 Å². The van der Waals surface area contributed by atoms with E-state index in [4.69, 9.17) is 5.11 Å². The summed E-state index contributed by atoms with van der Waals surface area (Å²) in [5, 5.41) is 11.3. The maximum Gasteiger partial charge on any atom is 0.416 e. The van der Waals surface area contributed by atoms with Crippen molar-refractivity contribution in [3.8, 4) is 11.3 Å². The summed E-state index contributed by atoms with van der Waals surface area (Å²) >= 11 is 1.72. The lowest BCUT2D eigenvalue weighted by atomic mass is 9.78. The Morgan fingerprint density at radius 3 is 2.26 bits per heavy atom. The third-order valence-electron chi connectivity index (χ3n) is 7.11. The van der Waals surface area contributed by atoms with E-state index in [-0.39, 0.29) is 24.8 Å². The predicted molar refractivity (Wildman–Crippen MR) is 146 cm³/mol. The number of carboxylic acid groups (broad SMARTS) is 1. The van der Waals surface area contributed by atoms with Gasteiger partial charge in [0.2, 0.25) is 0 Å². The molecule has 0 bridgehead atoms. The molecule has 39 heavy (non-hydrogen) atoms. The Morgan fingerprint density at radius 2 is 1.67 bits per heavy atom. The van der Waals surface area contributed by atoms with Crippen LogP contribution in [0.4, 0.5) is 13.2 Å². The van der Waals surface area contributed by atoms with Crippen molar-refractivity contribution in [1.82, 2.24) is 10.3 Å². The van der Waals surface area contributed by atoms with E-state index < -0.39 is 17.7 Å². The van der Waals surface area contributed by atoms with Crippen molar-refractivity contribution >= 4 is 23.6 Å². The molecule has 1 aromatic heterocycles. The van der Waals surface area contributed by atoms with Crippen molar-refractivity contribution < 1.29 is 27.9 Å². The van der Waals surface area contributed by atoms with Crippen LogP contribution in [0.2, 0.25) is 0 Å². The number of pyridine rings is 1. The van der Waals surface area contributed by atoms with Crippen molar-refractivity contribution in [2.24, 2.45) is 5.92 Å². The first-order valence-electron chi connectivity index (χ1n) is 13.1. The second-order valence-corrected chi connectivity index (χ2v) is 10.9. The van der Waals surface area contributed by atoms with Gasteiger partial charge in [-0.1, -0.05) is 37.5 Å². The molecule has 1 amide bonds. The minimum atomic E-state index is -4.37. The summed E-state index contributed by atoms with van der Waals surface area (Å²) in [6.45, 7) is 0.0828. The smallest absolute Gasteiger partial charge is 0.416 e. The number of carboxylic acids is 1. The number of aromatic nitrogens is 1. The maximum atomic E-state index is 12.9. The van der Waals surface area contributed by atoms with Gasteiger partial charge in [0.1, 0.15) is 0 Å². The summed E-state index contributed by atoms with van der Waals surface area (Å²) in [6, 6.07) is 16.3. The average molecular weight is 557 g/mol. The van der Waals surface area contributed by atoms with Gasteiger partial charge < -0.3 is 10.4 Å². The molecule has 9 heteroatoms. The second kappa shape index (κ2) is 13.2. The van der Waals surface area contributed by atoms with Crippen molar-refractivity contribution in [1.29, 1.82) is 0 Å². The van der Waals surface area contributed by atoms with Gasteiger partial charge in [0, 0.05) is 34.5 Å². The van der Waals surface area contributed by atoms with Crippen LogP contribution < -0.4 is 5.32 Å². The number of benzene rings is 2. The number of alkyl halides is 3.